The second-order valence-electron chi connectivity index (χ2n) is 17.6. The number of hydrogen-bond acceptors (Lipinski definition) is 10. The van der Waals surface area contributed by atoms with E-state index in [-0.39, 0.29) is 46.1 Å². The number of hydrogen-bond donors (Lipinski definition) is 8. The molecule has 4 heterocycles. The van der Waals surface area contributed by atoms with Gasteiger partial charge in [-0.05, 0) is 132 Å². The Balaban J connectivity index is 0.754. The quantitative estimate of drug-likeness (QED) is 0.0344. The van der Waals surface area contributed by atoms with Gasteiger partial charge in [0.2, 0.25) is 13.1 Å². The lowest BCUT2D eigenvalue weighted by Crippen LogP contribution is -2.44. The van der Waals surface area contributed by atoms with E-state index in [4.69, 9.17) is 0 Å². The summed E-state index contributed by atoms with van der Waals surface area (Å²) in [4.78, 5) is 50.8. The fraction of sp³-hybridized carbons (Fsp3) is 0.111. The molecule has 8 rings (SSSR count). The van der Waals surface area contributed by atoms with Gasteiger partial charge in [0.1, 0.15) is 14.1 Å². The molecule has 20 nitrogen and oxygen atoms in total. The molecule has 0 unspecified atom stereocenters. The highest BCUT2D eigenvalue weighted by atomic mass is 32.2. The fourth-order valence-electron chi connectivity index (χ4n) is 7.59. The van der Waals surface area contributed by atoms with Gasteiger partial charge in [-0.15, -0.1) is 0 Å². The average molecular weight is 1060 g/mol. The van der Waals surface area contributed by atoms with E-state index in [0.29, 0.717) is 33.9 Å². The third-order valence-electron chi connectivity index (χ3n) is 11.7. The average Bonchev–Trinajstić information content (AvgIpc) is 3.39. The lowest BCUT2D eigenvalue weighted by atomic mass is 10.1. The largest absolute Gasteiger partial charge is 0.329 e. The Hall–Kier alpha value is -9.54. The van der Waals surface area contributed by atoms with Crippen molar-refractivity contribution in [1.82, 2.24) is 10.9 Å². The predicted molar refractivity (Wildman–Crippen MR) is 284 cm³/mol. The smallest absolute Gasteiger partial charge is 0.321 e. The molecular formula is C54H54N12O8S2+4. The summed E-state index contributed by atoms with van der Waals surface area (Å²) in [6.07, 6.45) is 15.1. The highest BCUT2D eigenvalue weighted by Gasteiger charge is 2.20. The van der Waals surface area contributed by atoms with Crippen molar-refractivity contribution < 1.29 is 54.3 Å². The van der Waals surface area contributed by atoms with Gasteiger partial charge >= 0.3 is 11.8 Å². The minimum atomic E-state index is -4.04. The molecule has 386 valence electrons. The first-order valence-electron chi connectivity index (χ1n) is 23.4. The number of pyridine rings is 4. The van der Waals surface area contributed by atoms with E-state index in [1.807, 2.05) is 121 Å². The van der Waals surface area contributed by atoms with Gasteiger partial charge in [0.25, 0.3) is 31.9 Å². The molecule has 0 saturated carbocycles. The van der Waals surface area contributed by atoms with Crippen molar-refractivity contribution in [3.63, 3.8) is 0 Å². The van der Waals surface area contributed by atoms with Gasteiger partial charge in [-0.25, -0.2) is 26.0 Å². The summed E-state index contributed by atoms with van der Waals surface area (Å²) in [5, 5.41) is 5.56. The molecule has 4 amide bonds. The molecular weight excluding hydrogens is 1010 g/mol. The highest BCUT2D eigenvalue weighted by molar-refractivity contribution is 7.93. The summed E-state index contributed by atoms with van der Waals surface area (Å²) in [7, 11) is -4.18. The van der Waals surface area contributed by atoms with Gasteiger partial charge in [-0.2, -0.15) is 9.13 Å². The van der Waals surface area contributed by atoms with E-state index in [1.54, 1.807) is 23.0 Å². The number of carbonyl (C=O) groups excluding carboxylic acids is 4. The molecule has 0 aliphatic carbocycles. The van der Waals surface area contributed by atoms with Crippen molar-refractivity contribution in [2.24, 2.45) is 14.1 Å². The Morgan fingerprint density at radius 1 is 0.408 bits per heavy atom. The lowest BCUT2D eigenvalue weighted by molar-refractivity contribution is -0.684. The minimum absolute atomic E-state index is 0.0397. The molecule has 4 aromatic heterocycles. The maximum atomic E-state index is 13.3. The summed E-state index contributed by atoms with van der Waals surface area (Å²) in [6, 6.07) is 36.2. The third kappa shape index (κ3) is 13.9. The van der Waals surface area contributed by atoms with Crippen LogP contribution in [-0.2, 0) is 66.4 Å². The Kier molecular flexibility index (Phi) is 16.1. The Morgan fingerprint density at radius 2 is 0.711 bits per heavy atom. The molecule has 0 aliphatic heterocycles. The molecule has 0 fully saturated rings. The van der Waals surface area contributed by atoms with Crippen molar-refractivity contribution in [1.29, 1.82) is 0 Å². The fourth-order valence-corrected chi connectivity index (χ4v) is 9.69. The maximum Gasteiger partial charge on any atom is 0.329 e. The number of rotatable bonds is 18. The van der Waals surface area contributed by atoms with Gasteiger partial charge in [0.05, 0.1) is 21.2 Å². The Bertz CT molecular complexity index is 3420. The zero-order chi connectivity index (χ0) is 54.0. The number of nitrogens with one attached hydrogen (secondary N) is 8. The number of benzene rings is 4. The number of anilines is 6. The molecule has 0 bridgehead atoms. The lowest BCUT2D eigenvalue weighted by Gasteiger charge is -2.15. The van der Waals surface area contributed by atoms with Gasteiger partial charge < -0.3 is 10.6 Å². The van der Waals surface area contributed by atoms with Crippen LogP contribution in [-0.4, -0.2) is 40.5 Å². The minimum Gasteiger partial charge on any atom is -0.321 e. The van der Waals surface area contributed by atoms with Crippen molar-refractivity contribution >= 4 is 77.8 Å². The highest BCUT2D eigenvalue weighted by Crippen LogP contribution is 2.25. The number of nitrogens with zero attached hydrogens (tertiary/aromatic N) is 4. The van der Waals surface area contributed by atoms with Gasteiger partial charge in [0, 0.05) is 71.3 Å². The molecule has 22 heteroatoms. The second kappa shape index (κ2) is 23.1. The van der Waals surface area contributed by atoms with E-state index in [0.717, 1.165) is 22.3 Å². The molecule has 8 N–H and O–H groups in total. The van der Waals surface area contributed by atoms with Crippen LogP contribution in [0.2, 0.25) is 0 Å². The van der Waals surface area contributed by atoms with Crippen LogP contribution >= 0.6 is 0 Å². The summed E-state index contributed by atoms with van der Waals surface area (Å²) < 4.78 is 65.5. The predicted octanol–water partition coefficient (Wildman–Crippen LogP) is 4.33. The summed E-state index contributed by atoms with van der Waals surface area (Å²) >= 11 is 0. The van der Waals surface area contributed by atoms with Crippen LogP contribution in [0.1, 0.15) is 11.1 Å². The Labute approximate surface area is 439 Å². The number of sulfonamides is 2. The summed E-state index contributed by atoms with van der Waals surface area (Å²) in [5.74, 6) is -2.70. The number of amides is 4. The summed E-state index contributed by atoms with van der Waals surface area (Å²) in [6.45, 7) is 3.43. The summed E-state index contributed by atoms with van der Waals surface area (Å²) in [5.41, 5.74) is 17.1. The van der Waals surface area contributed by atoms with Gasteiger partial charge in [0.15, 0.2) is 49.6 Å². The monoisotopic (exact) mass is 1060 g/mol. The van der Waals surface area contributed by atoms with E-state index in [9.17, 15) is 36.0 Å². The first-order valence-corrected chi connectivity index (χ1v) is 26.4. The maximum absolute atomic E-state index is 13.3. The molecule has 0 saturated heterocycles. The number of hydrazine groups is 2. The van der Waals surface area contributed by atoms with E-state index < -0.39 is 31.9 Å². The molecule has 0 atom stereocenters. The van der Waals surface area contributed by atoms with Crippen molar-refractivity contribution in [2.75, 3.05) is 30.9 Å². The van der Waals surface area contributed by atoms with Crippen molar-refractivity contribution in [2.45, 2.75) is 36.7 Å². The molecule has 4 aromatic carbocycles. The third-order valence-corrected chi connectivity index (χ3v) is 14.5. The molecule has 0 radical (unpaired) electrons. The van der Waals surface area contributed by atoms with Gasteiger partial charge in [-0.3, -0.25) is 50.3 Å². The van der Waals surface area contributed by atoms with Crippen LogP contribution in [0.5, 0.6) is 0 Å². The van der Waals surface area contributed by atoms with E-state index in [1.165, 1.54) is 84.9 Å². The molecule has 0 spiro atoms. The molecule has 0 aliphatic rings. The molecule has 8 aromatic rings. The number of aryl methyl sites for hydroxylation is 4. The Morgan fingerprint density at radius 3 is 1.03 bits per heavy atom. The zero-order valence-electron chi connectivity index (χ0n) is 41.6. The van der Waals surface area contributed by atoms with Crippen LogP contribution in [0.3, 0.4) is 0 Å². The van der Waals surface area contributed by atoms with Crippen LogP contribution in [0, 0.1) is 13.8 Å². The van der Waals surface area contributed by atoms with Crippen LogP contribution in [0.4, 0.5) is 34.1 Å². The van der Waals surface area contributed by atoms with Gasteiger partial charge in [-0.1, -0.05) is 0 Å². The van der Waals surface area contributed by atoms with E-state index in [2.05, 4.69) is 41.8 Å². The standard InChI is InChI=1S/C54H50N12O8S2/c1-37-33-45(61-75(71,72)47-11-5-43(6-12-47)55-51(67)35-65-29-21-41(22-30-65)39-17-25-63(3)26-18-39)9-15-49(37)57-59-53(69)54(70)60-58-50-16-10-46(34-38(50)2)62-76(73,74)48-13-7-44(8-14-48)56-52(68)36-66-31-23-42(24-32-66)40-19-27-64(4)28-20-40/h5-34H,35-36H2,1-4H3,(H4,55,56,59,60,61,62,67,68,69,70)/p+4. The number of aromatic nitrogens is 4. The molecule has 76 heavy (non-hydrogen) atoms. The van der Waals surface area contributed by atoms with Crippen LogP contribution < -0.4 is 60.0 Å². The second-order valence-corrected chi connectivity index (χ2v) is 21.0. The van der Waals surface area contributed by atoms with Crippen molar-refractivity contribution in [3.05, 3.63) is 194 Å². The van der Waals surface area contributed by atoms with E-state index >= 15 is 0 Å². The van der Waals surface area contributed by atoms with Crippen molar-refractivity contribution in [3.8, 4) is 22.3 Å². The van der Waals surface area contributed by atoms with Crippen LogP contribution in [0.25, 0.3) is 22.3 Å². The first-order chi connectivity index (χ1) is 36.3. The normalized spacial score (nSPS) is 11.2. The number of carbonyl (C=O) groups is 4. The topological polar surface area (TPSA) is 248 Å². The zero-order valence-corrected chi connectivity index (χ0v) is 43.2. The SMILES string of the molecule is Cc1cc(NS(=O)(=O)c2ccc(NC(=O)C[n+]3ccc(-c4cc[n+](C)cc4)cc3)cc2)ccc1NNC(=O)C(=O)NNc1ccc(NS(=O)(=O)c2ccc(NC(=O)C[n+]3ccc(-c4cc[n+](C)cc4)cc3)cc2)cc1C. The first kappa shape index (κ1) is 52.8. The van der Waals surface area contributed by atoms with Crippen LogP contribution in [0.15, 0.2) is 193 Å².